The van der Waals surface area contributed by atoms with Crippen molar-refractivity contribution in [3.63, 3.8) is 0 Å². The lowest BCUT2D eigenvalue weighted by Gasteiger charge is -2.14. The molecule has 1 atom stereocenters. The summed E-state index contributed by atoms with van der Waals surface area (Å²) in [4.78, 5) is 11.4. The van der Waals surface area contributed by atoms with E-state index in [2.05, 4.69) is 5.32 Å². The Labute approximate surface area is 105 Å². The van der Waals surface area contributed by atoms with Crippen LogP contribution in [0.5, 0.6) is 0 Å². The van der Waals surface area contributed by atoms with Gasteiger partial charge < -0.3 is 10.1 Å². The number of anilines is 1. The lowest BCUT2D eigenvalue weighted by atomic mass is 10.2. The molecule has 0 fully saturated rings. The van der Waals surface area contributed by atoms with Crippen LogP contribution in [0.3, 0.4) is 0 Å². The Morgan fingerprint density at radius 2 is 2.35 bits per heavy atom. The molecular formula is C12H13ClN2O2. The molecule has 0 aliphatic heterocycles. The third kappa shape index (κ3) is 3.65. The summed E-state index contributed by atoms with van der Waals surface area (Å²) in [5.74, 6) is -0.326. The van der Waals surface area contributed by atoms with E-state index in [-0.39, 0.29) is 5.97 Å². The third-order valence-corrected chi connectivity index (χ3v) is 2.43. The van der Waals surface area contributed by atoms with E-state index < -0.39 is 6.04 Å². The molecular weight excluding hydrogens is 240 g/mol. The highest BCUT2D eigenvalue weighted by Crippen LogP contribution is 2.20. The predicted molar refractivity (Wildman–Crippen MR) is 65.9 cm³/mol. The van der Waals surface area contributed by atoms with E-state index in [1.807, 2.05) is 6.07 Å². The summed E-state index contributed by atoms with van der Waals surface area (Å²) < 4.78 is 4.86. The Balaban J connectivity index is 2.73. The van der Waals surface area contributed by atoms with Crippen LogP contribution in [0.4, 0.5) is 5.69 Å². The second-order valence-electron chi connectivity index (χ2n) is 3.42. The molecule has 0 saturated heterocycles. The number of carbonyl (C=O) groups is 1. The highest BCUT2D eigenvalue weighted by atomic mass is 35.5. The first kappa shape index (κ1) is 13.3. The zero-order chi connectivity index (χ0) is 12.8. The van der Waals surface area contributed by atoms with Crippen LogP contribution in [0.2, 0.25) is 5.02 Å². The molecule has 0 saturated carbocycles. The molecule has 1 aromatic rings. The average molecular weight is 253 g/mol. The van der Waals surface area contributed by atoms with Gasteiger partial charge in [-0.25, -0.2) is 4.79 Å². The van der Waals surface area contributed by atoms with Crippen molar-refractivity contribution in [2.75, 3.05) is 11.9 Å². The maximum Gasteiger partial charge on any atom is 0.328 e. The van der Waals surface area contributed by atoms with Gasteiger partial charge in [0.05, 0.1) is 17.2 Å². The molecule has 1 aromatic carbocycles. The number of benzene rings is 1. The first-order valence-corrected chi connectivity index (χ1v) is 5.59. The highest BCUT2D eigenvalue weighted by molar-refractivity contribution is 6.32. The van der Waals surface area contributed by atoms with Crippen molar-refractivity contribution < 1.29 is 9.53 Å². The quantitative estimate of drug-likeness (QED) is 0.837. The Bertz CT molecular complexity index is 454. The first-order valence-electron chi connectivity index (χ1n) is 5.21. The van der Waals surface area contributed by atoms with Crippen molar-refractivity contribution in [3.05, 3.63) is 28.8 Å². The zero-order valence-corrected chi connectivity index (χ0v) is 10.4. The fourth-order valence-corrected chi connectivity index (χ4v) is 1.49. The number of ether oxygens (including phenoxy) is 1. The summed E-state index contributed by atoms with van der Waals surface area (Å²) in [6.07, 6.45) is 0. The Kier molecular flexibility index (Phi) is 4.80. The van der Waals surface area contributed by atoms with Crippen LogP contribution in [-0.2, 0) is 9.53 Å². The molecule has 0 radical (unpaired) electrons. The van der Waals surface area contributed by atoms with Crippen molar-refractivity contribution in [3.8, 4) is 6.07 Å². The highest BCUT2D eigenvalue weighted by Gasteiger charge is 2.13. The van der Waals surface area contributed by atoms with E-state index in [9.17, 15) is 4.79 Å². The van der Waals surface area contributed by atoms with Gasteiger partial charge in [-0.05, 0) is 32.0 Å². The summed E-state index contributed by atoms with van der Waals surface area (Å²) in [6, 6.07) is 6.41. The molecule has 0 heterocycles. The van der Waals surface area contributed by atoms with E-state index in [0.717, 1.165) is 0 Å². The van der Waals surface area contributed by atoms with Crippen LogP contribution in [0, 0.1) is 11.3 Å². The smallest absolute Gasteiger partial charge is 0.328 e. The second kappa shape index (κ2) is 6.12. The van der Waals surface area contributed by atoms with Crippen LogP contribution in [0.1, 0.15) is 19.4 Å². The predicted octanol–water partition coefficient (Wildman–Crippen LogP) is 2.58. The maximum absolute atomic E-state index is 11.4. The standard InChI is InChI=1S/C12H13ClN2O2/c1-3-17-12(16)8(2)15-10-5-4-9(7-14)11(13)6-10/h4-6,8,15H,3H2,1-2H3. The summed E-state index contributed by atoms with van der Waals surface area (Å²) in [7, 11) is 0. The number of hydrogen-bond acceptors (Lipinski definition) is 4. The van der Waals surface area contributed by atoms with E-state index in [4.69, 9.17) is 21.6 Å². The number of halogens is 1. The number of carbonyl (C=O) groups excluding carboxylic acids is 1. The molecule has 0 amide bonds. The molecule has 0 aliphatic rings. The van der Waals surface area contributed by atoms with Crippen molar-refractivity contribution >= 4 is 23.3 Å². The Morgan fingerprint density at radius 3 is 2.88 bits per heavy atom. The molecule has 0 bridgehead atoms. The fourth-order valence-electron chi connectivity index (χ4n) is 1.27. The maximum atomic E-state index is 11.4. The average Bonchev–Trinajstić information content (AvgIpc) is 2.29. The molecule has 0 aromatic heterocycles. The van der Waals surface area contributed by atoms with E-state index in [1.54, 1.807) is 32.0 Å². The van der Waals surface area contributed by atoms with Crippen molar-refractivity contribution in [1.29, 1.82) is 5.26 Å². The molecule has 0 spiro atoms. The molecule has 1 rings (SSSR count). The van der Waals surface area contributed by atoms with Crippen LogP contribution in [0.25, 0.3) is 0 Å². The van der Waals surface area contributed by atoms with E-state index in [0.29, 0.717) is 22.9 Å². The molecule has 4 nitrogen and oxygen atoms in total. The fraction of sp³-hybridized carbons (Fsp3) is 0.333. The SMILES string of the molecule is CCOC(=O)C(C)Nc1ccc(C#N)c(Cl)c1. The lowest BCUT2D eigenvalue weighted by molar-refractivity contribution is -0.143. The number of nitriles is 1. The number of esters is 1. The van der Waals surface area contributed by atoms with Gasteiger partial charge in [-0.3, -0.25) is 0 Å². The molecule has 1 N–H and O–H groups in total. The van der Waals surface area contributed by atoms with Crippen LogP contribution < -0.4 is 5.32 Å². The second-order valence-corrected chi connectivity index (χ2v) is 3.83. The third-order valence-electron chi connectivity index (χ3n) is 2.11. The number of nitrogens with zero attached hydrogens (tertiary/aromatic N) is 1. The van der Waals surface area contributed by atoms with Crippen LogP contribution in [-0.4, -0.2) is 18.6 Å². The molecule has 5 heteroatoms. The van der Waals surface area contributed by atoms with Gasteiger partial charge in [0.2, 0.25) is 0 Å². The van der Waals surface area contributed by atoms with Crippen LogP contribution in [0.15, 0.2) is 18.2 Å². The van der Waals surface area contributed by atoms with E-state index >= 15 is 0 Å². The Hall–Kier alpha value is -1.73. The summed E-state index contributed by atoms with van der Waals surface area (Å²) in [6.45, 7) is 3.80. The van der Waals surface area contributed by atoms with Crippen molar-refractivity contribution in [2.24, 2.45) is 0 Å². The monoisotopic (exact) mass is 252 g/mol. The van der Waals surface area contributed by atoms with Gasteiger partial charge in [-0.1, -0.05) is 11.6 Å². The minimum Gasteiger partial charge on any atom is -0.464 e. The normalized spacial score (nSPS) is 11.4. The molecule has 1 unspecified atom stereocenters. The largest absolute Gasteiger partial charge is 0.464 e. The van der Waals surface area contributed by atoms with Gasteiger partial charge in [-0.2, -0.15) is 5.26 Å². The van der Waals surface area contributed by atoms with Gasteiger partial charge in [-0.15, -0.1) is 0 Å². The lowest BCUT2D eigenvalue weighted by Crippen LogP contribution is -2.28. The van der Waals surface area contributed by atoms with Crippen molar-refractivity contribution in [2.45, 2.75) is 19.9 Å². The minimum atomic E-state index is -0.459. The van der Waals surface area contributed by atoms with Gasteiger partial charge in [0.25, 0.3) is 0 Å². The minimum absolute atomic E-state index is 0.326. The molecule has 17 heavy (non-hydrogen) atoms. The summed E-state index contributed by atoms with van der Waals surface area (Å²) >= 11 is 5.88. The van der Waals surface area contributed by atoms with Gasteiger partial charge in [0, 0.05) is 5.69 Å². The zero-order valence-electron chi connectivity index (χ0n) is 9.66. The first-order chi connectivity index (χ1) is 8.08. The number of hydrogen-bond donors (Lipinski definition) is 1. The topological polar surface area (TPSA) is 62.1 Å². The van der Waals surface area contributed by atoms with Crippen molar-refractivity contribution in [1.82, 2.24) is 0 Å². The van der Waals surface area contributed by atoms with Gasteiger partial charge >= 0.3 is 5.97 Å². The summed E-state index contributed by atoms with van der Waals surface area (Å²) in [5.41, 5.74) is 1.08. The number of nitrogens with one attached hydrogen (secondary N) is 1. The van der Waals surface area contributed by atoms with Gasteiger partial charge in [0.15, 0.2) is 0 Å². The Morgan fingerprint density at radius 1 is 1.65 bits per heavy atom. The summed E-state index contributed by atoms with van der Waals surface area (Å²) in [5, 5.41) is 12.0. The van der Waals surface area contributed by atoms with Crippen LogP contribution >= 0.6 is 11.6 Å². The van der Waals surface area contributed by atoms with Gasteiger partial charge in [0.1, 0.15) is 12.1 Å². The van der Waals surface area contributed by atoms with E-state index in [1.165, 1.54) is 0 Å². The number of rotatable bonds is 4. The molecule has 90 valence electrons. The molecule has 0 aliphatic carbocycles.